The van der Waals surface area contributed by atoms with E-state index in [4.69, 9.17) is 20.8 Å². The van der Waals surface area contributed by atoms with Gasteiger partial charge in [0, 0.05) is 12.1 Å². The molecule has 1 aromatic heterocycles. The number of methoxy groups -OCH3 is 1. The molecule has 0 fully saturated rings. The molecule has 0 radical (unpaired) electrons. The van der Waals surface area contributed by atoms with Crippen molar-refractivity contribution in [1.29, 1.82) is 0 Å². The normalized spacial score (nSPS) is 10.8. The molecule has 0 aliphatic carbocycles. The lowest BCUT2D eigenvalue weighted by Gasteiger charge is -2.05. The lowest BCUT2D eigenvalue weighted by molar-refractivity contribution is -0.384. The Morgan fingerprint density at radius 1 is 1.38 bits per heavy atom. The smallest absolute Gasteiger partial charge is 0.273 e. The second-order valence-corrected chi connectivity index (χ2v) is 4.35. The van der Waals surface area contributed by atoms with Gasteiger partial charge in [-0.05, 0) is 35.9 Å². The summed E-state index contributed by atoms with van der Waals surface area (Å²) < 4.78 is 10.7. The fraction of sp³-hybridized carbons (Fsp3) is 0.0714. The van der Waals surface area contributed by atoms with Gasteiger partial charge >= 0.3 is 0 Å². The van der Waals surface area contributed by atoms with E-state index in [1.807, 2.05) is 0 Å². The third-order valence-corrected chi connectivity index (χ3v) is 2.79. The summed E-state index contributed by atoms with van der Waals surface area (Å²) in [7, 11) is 1.42. The summed E-state index contributed by atoms with van der Waals surface area (Å²) in [5, 5.41) is 10.1. The Kier molecular flexibility index (Phi) is 4.39. The third-order valence-electron chi connectivity index (χ3n) is 2.67. The van der Waals surface area contributed by atoms with Crippen molar-refractivity contribution in [3.8, 4) is 17.1 Å². The largest absolute Gasteiger partial charge is 0.496 e. The molecule has 7 heteroatoms. The van der Waals surface area contributed by atoms with Crippen LogP contribution in [0.3, 0.4) is 0 Å². The van der Waals surface area contributed by atoms with Gasteiger partial charge in [-0.3, -0.25) is 14.9 Å². The zero-order chi connectivity index (χ0) is 15.4. The summed E-state index contributed by atoms with van der Waals surface area (Å²) >= 11 is 5.20. The van der Waals surface area contributed by atoms with E-state index >= 15 is 0 Å². The number of allylic oxidation sites excluding steroid dienone is 1. The van der Waals surface area contributed by atoms with Gasteiger partial charge in [-0.15, -0.1) is 0 Å². The number of ether oxygens (including phenoxy) is 1. The van der Waals surface area contributed by atoms with Crippen LogP contribution in [-0.2, 0) is 4.79 Å². The summed E-state index contributed by atoms with van der Waals surface area (Å²) in [4.78, 5) is 20.9. The molecule has 2 rings (SSSR count). The molecule has 0 aliphatic heterocycles. The molecule has 0 bridgehead atoms. The number of nitrogens with zero attached hydrogens (tertiary/aromatic N) is 1. The Balaban J connectivity index is 2.38. The minimum Gasteiger partial charge on any atom is -0.496 e. The highest BCUT2D eigenvalue weighted by Crippen LogP contribution is 2.34. The summed E-state index contributed by atoms with van der Waals surface area (Å²) in [6, 6.07) is 7.53. The lowest BCUT2D eigenvalue weighted by Crippen LogP contribution is -1.91. The highest BCUT2D eigenvalue weighted by Gasteiger charge is 2.15. The summed E-state index contributed by atoms with van der Waals surface area (Å²) in [5.74, 6) is 1.21. The predicted octanol–water partition coefficient (Wildman–Crippen LogP) is 3.64. The van der Waals surface area contributed by atoms with E-state index in [2.05, 4.69) is 0 Å². The highest BCUT2D eigenvalue weighted by atomic mass is 35.5. The zero-order valence-corrected chi connectivity index (χ0v) is 11.7. The fourth-order valence-electron chi connectivity index (χ4n) is 1.73. The van der Waals surface area contributed by atoms with Crippen LogP contribution >= 0.6 is 11.6 Å². The maximum atomic E-state index is 10.7. The maximum absolute atomic E-state index is 10.7. The van der Waals surface area contributed by atoms with Crippen molar-refractivity contribution in [2.45, 2.75) is 0 Å². The Bertz CT molecular complexity index is 720. The minimum absolute atomic E-state index is 0.0741. The number of carbonyl (C=O) groups is 1. The molecule has 2 aromatic rings. The van der Waals surface area contributed by atoms with Gasteiger partial charge in [0.25, 0.3) is 5.69 Å². The monoisotopic (exact) mass is 307 g/mol. The summed E-state index contributed by atoms with van der Waals surface area (Å²) in [6.07, 6.45) is 2.59. The molecule has 0 saturated carbocycles. The average Bonchev–Trinajstić information content (AvgIpc) is 2.93. The number of carbonyl (C=O) groups excluding carboxylic acids is 1. The number of hydrogen-bond acceptors (Lipinski definition) is 5. The molecule has 0 N–H and O–H groups in total. The van der Waals surface area contributed by atoms with E-state index in [1.54, 1.807) is 12.1 Å². The van der Waals surface area contributed by atoms with Crippen LogP contribution in [0.1, 0.15) is 5.76 Å². The van der Waals surface area contributed by atoms with Crippen LogP contribution in [0.4, 0.5) is 5.69 Å². The van der Waals surface area contributed by atoms with Gasteiger partial charge < -0.3 is 9.15 Å². The molecular weight excluding hydrogens is 298 g/mol. The molecule has 0 unspecified atom stereocenters. The lowest BCUT2D eigenvalue weighted by atomic mass is 10.1. The van der Waals surface area contributed by atoms with Crippen molar-refractivity contribution >= 4 is 28.6 Å². The second kappa shape index (κ2) is 6.23. The number of hydrogen-bond donors (Lipinski definition) is 0. The molecule has 0 atom stereocenters. The number of non-ortho nitro benzene ring substituents is 1. The Morgan fingerprint density at radius 2 is 2.14 bits per heavy atom. The van der Waals surface area contributed by atoms with E-state index in [0.29, 0.717) is 22.8 Å². The van der Waals surface area contributed by atoms with Gasteiger partial charge in [0.05, 0.1) is 23.7 Å². The molecule has 0 amide bonds. The maximum Gasteiger partial charge on any atom is 0.273 e. The number of rotatable bonds is 5. The number of nitro benzene ring substituents is 1. The first kappa shape index (κ1) is 14.8. The topological polar surface area (TPSA) is 82.6 Å². The molecule has 21 heavy (non-hydrogen) atoms. The number of benzene rings is 1. The van der Waals surface area contributed by atoms with Gasteiger partial charge in [-0.1, -0.05) is 0 Å². The molecule has 1 heterocycles. The molecule has 0 saturated heterocycles. The zero-order valence-electron chi connectivity index (χ0n) is 10.9. The second-order valence-electron chi connectivity index (χ2n) is 3.98. The van der Waals surface area contributed by atoms with Crippen molar-refractivity contribution in [2.24, 2.45) is 0 Å². The van der Waals surface area contributed by atoms with Crippen LogP contribution < -0.4 is 4.74 Å². The van der Waals surface area contributed by atoms with Gasteiger partial charge in [0.2, 0.25) is 5.24 Å². The third kappa shape index (κ3) is 3.49. The van der Waals surface area contributed by atoms with Crippen LogP contribution in [-0.4, -0.2) is 17.3 Å². The first-order valence-electron chi connectivity index (χ1n) is 5.81. The van der Waals surface area contributed by atoms with Gasteiger partial charge in [0.15, 0.2) is 0 Å². The van der Waals surface area contributed by atoms with Crippen LogP contribution in [0.2, 0.25) is 0 Å². The Hall–Kier alpha value is -2.60. The van der Waals surface area contributed by atoms with E-state index in [-0.39, 0.29) is 5.69 Å². The summed E-state index contributed by atoms with van der Waals surface area (Å²) in [6.45, 7) is 0. The van der Waals surface area contributed by atoms with Crippen LogP contribution in [0, 0.1) is 10.1 Å². The van der Waals surface area contributed by atoms with Gasteiger partial charge in [0.1, 0.15) is 17.3 Å². The van der Waals surface area contributed by atoms with Crippen molar-refractivity contribution < 1.29 is 18.9 Å². The quantitative estimate of drug-likeness (QED) is 0.364. The SMILES string of the molecule is COc1cc([N+](=O)[O-])ccc1-c1ccc(/C=C/C(=O)Cl)o1. The van der Waals surface area contributed by atoms with E-state index in [0.717, 1.165) is 6.08 Å². The first-order chi connectivity index (χ1) is 10.0. The predicted molar refractivity (Wildman–Crippen MR) is 77.2 cm³/mol. The number of halogens is 1. The number of furan rings is 1. The molecule has 108 valence electrons. The molecule has 0 spiro atoms. The molecular formula is C14H10ClNO5. The van der Waals surface area contributed by atoms with Crippen molar-refractivity contribution in [2.75, 3.05) is 7.11 Å². The molecule has 0 aliphatic rings. The van der Waals surface area contributed by atoms with E-state index in [1.165, 1.54) is 31.4 Å². The van der Waals surface area contributed by atoms with Crippen LogP contribution in [0.5, 0.6) is 5.75 Å². The van der Waals surface area contributed by atoms with Crippen LogP contribution in [0.15, 0.2) is 40.8 Å². The first-order valence-corrected chi connectivity index (χ1v) is 6.19. The molecule has 1 aromatic carbocycles. The summed E-state index contributed by atoms with van der Waals surface area (Å²) in [5.41, 5.74) is 0.495. The Morgan fingerprint density at radius 3 is 2.76 bits per heavy atom. The van der Waals surface area contributed by atoms with Gasteiger partial charge in [-0.25, -0.2) is 0 Å². The fourth-order valence-corrected chi connectivity index (χ4v) is 1.79. The standard InChI is InChI=1S/C14H10ClNO5/c1-20-13-8-9(16(18)19)2-5-11(13)12-6-3-10(21-12)4-7-14(15)17/h2-8H,1H3/b7-4+. The van der Waals surface area contributed by atoms with Crippen LogP contribution in [0.25, 0.3) is 17.4 Å². The Labute approximate surface area is 124 Å². The number of nitro groups is 1. The van der Waals surface area contributed by atoms with Crippen molar-refractivity contribution in [3.63, 3.8) is 0 Å². The van der Waals surface area contributed by atoms with Crippen molar-refractivity contribution in [3.05, 3.63) is 52.3 Å². The minimum atomic E-state index is -0.610. The van der Waals surface area contributed by atoms with Crippen molar-refractivity contribution in [1.82, 2.24) is 0 Å². The van der Waals surface area contributed by atoms with Gasteiger partial charge in [-0.2, -0.15) is 0 Å². The average molecular weight is 308 g/mol. The molecule has 6 nitrogen and oxygen atoms in total. The van der Waals surface area contributed by atoms with E-state index in [9.17, 15) is 14.9 Å². The van der Waals surface area contributed by atoms with E-state index < -0.39 is 10.2 Å². The highest BCUT2D eigenvalue weighted by molar-refractivity contribution is 6.66.